The average Bonchev–Trinajstić information content (AvgIpc) is 2.91. The number of hydrogen-bond acceptors (Lipinski definition) is 3. The molecule has 0 fully saturated rings. The van der Waals surface area contributed by atoms with Crippen molar-refractivity contribution in [2.24, 2.45) is 0 Å². The van der Waals surface area contributed by atoms with E-state index in [9.17, 15) is 75.0 Å². The Morgan fingerprint density at radius 3 is 1.62 bits per heavy atom. The Morgan fingerprint density at radius 1 is 0.714 bits per heavy atom. The number of benzene rings is 1. The van der Waals surface area contributed by atoms with Crippen molar-refractivity contribution in [2.45, 2.75) is 61.2 Å². The average molecular weight is 641 g/mol. The van der Waals surface area contributed by atoms with Crippen LogP contribution in [0, 0.1) is 0 Å². The number of carbonyl (C=O) groups is 1. The van der Waals surface area contributed by atoms with E-state index in [1.165, 1.54) is 6.20 Å². The zero-order valence-corrected chi connectivity index (χ0v) is 20.3. The Hall–Kier alpha value is -3.28. The SMILES string of the molecule is CCc1ccc(-c2ccc(C(=O)OCC(F)(F)C(F)(F)C(F)(F)C(F)(F)C(F)(F)C(F)(F)C(F)(F)C(F)F)cc2)nc1. The molecular formula is C23H15F16NO2. The first-order chi connectivity index (χ1) is 18.8. The van der Waals surface area contributed by atoms with Crippen LogP contribution in [0.2, 0.25) is 0 Å². The third-order valence-corrected chi connectivity index (χ3v) is 5.76. The van der Waals surface area contributed by atoms with E-state index in [4.69, 9.17) is 0 Å². The van der Waals surface area contributed by atoms with Crippen molar-refractivity contribution in [1.29, 1.82) is 0 Å². The van der Waals surface area contributed by atoms with Gasteiger partial charge in [-0.3, -0.25) is 4.98 Å². The summed E-state index contributed by atoms with van der Waals surface area (Å²) in [5.41, 5.74) is 0.752. The molecule has 1 heterocycles. The number of rotatable bonds is 12. The third-order valence-electron chi connectivity index (χ3n) is 5.76. The van der Waals surface area contributed by atoms with Gasteiger partial charge in [-0.15, -0.1) is 0 Å². The van der Waals surface area contributed by atoms with Gasteiger partial charge in [-0.2, -0.15) is 61.5 Å². The molecule has 19 heteroatoms. The van der Waals surface area contributed by atoms with E-state index in [2.05, 4.69) is 9.72 Å². The van der Waals surface area contributed by atoms with E-state index in [1.54, 1.807) is 12.1 Å². The maximum atomic E-state index is 13.9. The quantitative estimate of drug-likeness (QED) is 0.173. The van der Waals surface area contributed by atoms with Crippen molar-refractivity contribution in [3.05, 3.63) is 53.7 Å². The number of carbonyl (C=O) groups excluding carboxylic acids is 1. The molecule has 0 bridgehead atoms. The summed E-state index contributed by atoms with van der Waals surface area (Å²) in [6.45, 7) is -1.42. The topological polar surface area (TPSA) is 39.2 Å². The molecule has 0 aliphatic heterocycles. The summed E-state index contributed by atoms with van der Waals surface area (Å²) in [6, 6.07) is 7.13. The van der Waals surface area contributed by atoms with Gasteiger partial charge in [0.1, 0.15) is 0 Å². The summed E-state index contributed by atoms with van der Waals surface area (Å²) in [7, 11) is 0. The lowest BCUT2D eigenvalue weighted by Crippen LogP contribution is -2.74. The van der Waals surface area contributed by atoms with Gasteiger partial charge in [0.2, 0.25) is 0 Å². The fourth-order valence-corrected chi connectivity index (χ4v) is 3.08. The van der Waals surface area contributed by atoms with Crippen molar-refractivity contribution in [3.63, 3.8) is 0 Å². The lowest BCUT2D eigenvalue weighted by molar-refractivity contribution is -0.447. The first-order valence-electron chi connectivity index (χ1n) is 11.0. The van der Waals surface area contributed by atoms with Gasteiger partial charge in [0, 0.05) is 11.8 Å². The molecule has 0 radical (unpaired) electrons. The maximum absolute atomic E-state index is 13.9. The second-order valence-electron chi connectivity index (χ2n) is 8.56. The molecule has 0 N–H and O–H groups in total. The fourth-order valence-electron chi connectivity index (χ4n) is 3.08. The zero-order valence-electron chi connectivity index (χ0n) is 20.3. The molecular weight excluding hydrogens is 626 g/mol. The number of aryl methyl sites for hydroxylation is 1. The summed E-state index contributed by atoms with van der Waals surface area (Å²) in [4.78, 5) is 16.0. The van der Waals surface area contributed by atoms with Crippen LogP contribution >= 0.6 is 0 Å². The Kier molecular flexibility index (Phi) is 9.22. The summed E-state index contributed by atoms with van der Waals surface area (Å²) < 4.78 is 218. The first-order valence-corrected chi connectivity index (χ1v) is 11.0. The van der Waals surface area contributed by atoms with Crippen molar-refractivity contribution < 1.29 is 79.8 Å². The van der Waals surface area contributed by atoms with Gasteiger partial charge >= 0.3 is 53.9 Å². The maximum Gasteiger partial charge on any atom is 0.385 e. The molecule has 0 atom stereocenters. The molecule has 1 aromatic carbocycles. The third kappa shape index (κ3) is 5.45. The molecule has 0 spiro atoms. The fraction of sp³-hybridized carbons (Fsp3) is 0.478. The minimum absolute atomic E-state index is 0.308. The highest BCUT2D eigenvalue weighted by Crippen LogP contribution is 2.62. The molecule has 0 saturated heterocycles. The van der Waals surface area contributed by atoms with Crippen LogP contribution in [0.1, 0.15) is 22.8 Å². The van der Waals surface area contributed by atoms with Gasteiger partial charge in [-0.05, 0) is 30.2 Å². The van der Waals surface area contributed by atoms with E-state index in [0.717, 1.165) is 29.8 Å². The first kappa shape index (κ1) is 34.9. The summed E-state index contributed by atoms with van der Waals surface area (Å²) in [5, 5.41) is 0. The molecule has 2 aromatic rings. The molecule has 2 rings (SSSR count). The van der Waals surface area contributed by atoms with Gasteiger partial charge < -0.3 is 4.74 Å². The van der Waals surface area contributed by atoms with Crippen molar-refractivity contribution in [2.75, 3.05) is 6.61 Å². The number of nitrogens with zero attached hydrogens (tertiary/aromatic N) is 1. The number of alkyl halides is 16. The summed E-state index contributed by atoms with van der Waals surface area (Å²) in [5.74, 6) is -57.6. The minimum atomic E-state index is -8.52. The minimum Gasteiger partial charge on any atom is -0.455 e. The van der Waals surface area contributed by atoms with Crippen molar-refractivity contribution >= 4 is 5.97 Å². The van der Waals surface area contributed by atoms with Crippen LogP contribution in [0.4, 0.5) is 70.2 Å². The van der Waals surface area contributed by atoms with E-state index in [1.807, 2.05) is 6.92 Å². The number of halogens is 16. The highest BCUT2D eigenvalue weighted by Gasteiger charge is 2.93. The highest BCUT2D eigenvalue weighted by molar-refractivity contribution is 5.90. The Labute approximate surface area is 224 Å². The van der Waals surface area contributed by atoms with Gasteiger partial charge in [-0.1, -0.05) is 25.1 Å². The van der Waals surface area contributed by atoms with Gasteiger partial charge in [0.05, 0.1) is 11.3 Å². The normalized spacial score (nSPS) is 14.3. The van der Waals surface area contributed by atoms with E-state index in [0.29, 0.717) is 17.7 Å². The standard InChI is InChI=1S/C23H15F16NO2/c1-2-11-3-8-14(40-9-11)12-4-6-13(7-5-12)15(41)42-10-17(26,27)19(30,31)21(34,35)23(38,39)22(36,37)20(32,33)18(28,29)16(24)25/h3-9,16H,2,10H2,1H3. The molecule has 0 saturated carbocycles. The van der Waals surface area contributed by atoms with Crippen LogP contribution in [0.15, 0.2) is 42.6 Å². The Bertz CT molecular complexity index is 1240. The van der Waals surface area contributed by atoms with E-state index < -0.39 is 66.0 Å². The number of ether oxygens (including phenoxy) is 1. The van der Waals surface area contributed by atoms with Crippen molar-refractivity contribution in [1.82, 2.24) is 4.98 Å². The molecule has 0 aliphatic rings. The predicted molar refractivity (Wildman–Crippen MR) is 110 cm³/mol. The highest BCUT2D eigenvalue weighted by atomic mass is 19.4. The molecule has 3 nitrogen and oxygen atoms in total. The monoisotopic (exact) mass is 641 g/mol. The van der Waals surface area contributed by atoms with Crippen LogP contribution in [0.3, 0.4) is 0 Å². The smallest absolute Gasteiger partial charge is 0.385 e. The summed E-state index contributed by atoms with van der Waals surface area (Å²) in [6.07, 6.45) is -3.80. The summed E-state index contributed by atoms with van der Waals surface area (Å²) >= 11 is 0. The van der Waals surface area contributed by atoms with Crippen LogP contribution in [-0.4, -0.2) is 65.4 Å². The van der Waals surface area contributed by atoms with Crippen LogP contribution < -0.4 is 0 Å². The molecule has 0 aliphatic carbocycles. The molecule has 0 amide bonds. The van der Waals surface area contributed by atoms with Crippen LogP contribution in [0.25, 0.3) is 11.3 Å². The van der Waals surface area contributed by atoms with Gasteiger partial charge in [0.25, 0.3) is 0 Å². The van der Waals surface area contributed by atoms with E-state index in [-0.39, 0.29) is 0 Å². The second-order valence-corrected chi connectivity index (χ2v) is 8.56. The predicted octanol–water partition coefficient (Wildman–Crippen LogP) is 8.18. The Balaban J connectivity index is 2.29. The van der Waals surface area contributed by atoms with Crippen molar-refractivity contribution in [3.8, 4) is 11.3 Å². The number of esters is 1. The van der Waals surface area contributed by atoms with Crippen LogP contribution in [-0.2, 0) is 11.2 Å². The Morgan fingerprint density at radius 2 is 1.19 bits per heavy atom. The number of aromatic nitrogens is 1. The molecule has 42 heavy (non-hydrogen) atoms. The molecule has 236 valence electrons. The second kappa shape index (κ2) is 11.1. The number of pyridine rings is 1. The molecule has 0 unspecified atom stereocenters. The number of hydrogen-bond donors (Lipinski definition) is 0. The van der Waals surface area contributed by atoms with Gasteiger partial charge in [0.15, 0.2) is 6.61 Å². The van der Waals surface area contributed by atoms with Crippen LogP contribution in [0.5, 0.6) is 0 Å². The largest absolute Gasteiger partial charge is 0.455 e. The lowest BCUT2D eigenvalue weighted by atomic mass is 9.89. The van der Waals surface area contributed by atoms with E-state index >= 15 is 0 Å². The lowest BCUT2D eigenvalue weighted by Gasteiger charge is -2.42. The zero-order chi connectivity index (χ0) is 32.7. The molecule has 1 aromatic heterocycles. The van der Waals surface area contributed by atoms with Gasteiger partial charge in [-0.25, -0.2) is 13.6 Å².